The molecule has 0 saturated heterocycles. The van der Waals surface area contributed by atoms with E-state index in [9.17, 15) is 4.79 Å². The lowest BCUT2D eigenvalue weighted by Gasteiger charge is -1.79. The predicted molar refractivity (Wildman–Crippen MR) is 30.4 cm³/mol. The van der Waals surface area contributed by atoms with Gasteiger partial charge in [0.25, 0.3) is 0 Å². The zero-order valence-corrected chi connectivity index (χ0v) is 4.92. The van der Waals surface area contributed by atoms with Crippen LogP contribution in [0.2, 0.25) is 0 Å². The molecule has 1 heterocycles. The summed E-state index contributed by atoms with van der Waals surface area (Å²) in [6, 6.07) is 1.28. The third-order valence-corrected chi connectivity index (χ3v) is 0.933. The number of aromatic hydroxyl groups is 1. The Morgan fingerprint density at radius 3 is 2.67 bits per heavy atom. The molecule has 0 aliphatic rings. The number of carbonyl (C=O) groups excluding carboxylic acids is 1. The van der Waals surface area contributed by atoms with Crippen LogP contribution in [0.4, 0.5) is 0 Å². The van der Waals surface area contributed by atoms with E-state index >= 15 is 0 Å². The van der Waals surface area contributed by atoms with Gasteiger partial charge >= 0.3 is 0 Å². The molecule has 48 valence electrons. The quantitative estimate of drug-likeness (QED) is 0.575. The van der Waals surface area contributed by atoms with Crippen LogP contribution in [0.3, 0.4) is 0 Å². The van der Waals surface area contributed by atoms with Gasteiger partial charge < -0.3 is 9.52 Å². The molecule has 0 aromatic carbocycles. The van der Waals surface area contributed by atoms with Gasteiger partial charge in [-0.25, -0.2) is 0 Å². The lowest BCUT2D eigenvalue weighted by molar-refractivity contribution is 0.0987. The molecule has 0 bridgehead atoms. The van der Waals surface area contributed by atoms with Crippen LogP contribution in [0.5, 0.6) is 5.75 Å². The summed E-state index contributed by atoms with van der Waals surface area (Å²) in [5, 5.41) is 8.66. The Balaban J connectivity index is 2.98. The fourth-order valence-corrected chi connectivity index (χ4v) is 0.511. The molecule has 3 nitrogen and oxygen atoms in total. The first-order chi connectivity index (χ1) is 4.20. The molecule has 0 fully saturated rings. The Morgan fingerprint density at radius 1 is 1.78 bits per heavy atom. The van der Waals surface area contributed by atoms with E-state index in [1.165, 1.54) is 13.0 Å². The summed E-state index contributed by atoms with van der Waals surface area (Å²) in [5.74, 6) is -0.0111. The third-order valence-electron chi connectivity index (χ3n) is 0.933. The summed E-state index contributed by atoms with van der Waals surface area (Å²) in [7, 11) is 0. The van der Waals surface area contributed by atoms with E-state index in [-0.39, 0.29) is 17.3 Å². The number of hydrogen-bond donors (Lipinski definition) is 1. The highest BCUT2D eigenvalue weighted by Gasteiger charge is 2.03. The lowest BCUT2D eigenvalue weighted by Crippen LogP contribution is -1.85. The molecule has 1 rings (SSSR count). The topological polar surface area (TPSA) is 50.4 Å². The van der Waals surface area contributed by atoms with E-state index in [4.69, 9.17) is 5.11 Å². The van der Waals surface area contributed by atoms with E-state index in [1.54, 1.807) is 0 Å². The molecule has 1 aromatic rings. The van der Waals surface area contributed by atoms with Gasteiger partial charge in [-0.15, -0.1) is 0 Å². The standard InChI is InChI=1S/C6H6O3/c1-4(7)6-2-5(8)3-9-6/h2-3,8H,1H3. The van der Waals surface area contributed by atoms with Crippen LogP contribution in [-0.4, -0.2) is 10.9 Å². The van der Waals surface area contributed by atoms with Gasteiger partial charge in [-0.05, 0) is 0 Å². The van der Waals surface area contributed by atoms with Gasteiger partial charge in [0.15, 0.2) is 17.3 Å². The zero-order chi connectivity index (χ0) is 6.85. The van der Waals surface area contributed by atoms with Crippen LogP contribution in [0.1, 0.15) is 17.5 Å². The molecule has 0 aliphatic heterocycles. The molecule has 0 aliphatic carbocycles. The molecule has 0 amide bonds. The molecule has 1 aromatic heterocycles. The third kappa shape index (κ3) is 1.10. The van der Waals surface area contributed by atoms with Crippen LogP contribution in [0, 0.1) is 0 Å². The van der Waals surface area contributed by atoms with Crippen molar-refractivity contribution in [3.8, 4) is 5.75 Å². The van der Waals surface area contributed by atoms with Gasteiger partial charge in [0, 0.05) is 13.0 Å². The van der Waals surface area contributed by atoms with Crippen LogP contribution >= 0.6 is 0 Å². The molecule has 3 heteroatoms. The lowest BCUT2D eigenvalue weighted by atomic mass is 10.3. The maximum absolute atomic E-state index is 10.5. The minimum absolute atomic E-state index is 0.0137. The molecule has 9 heavy (non-hydrogen) atoms. The van der Waals surface area contributed by atoms with Gasteiger partial charge in [-0.2, -0.15) is 0 Å². The highest BCUT2D eigenvalue weighted by Crippen LogP contribution is 2.13. The van der Waals surface area contributed by atoms with Crippen LogP contribution in [-0.2, 0) is 0 Å². The molecule has 0 radical (unpaired) electrons. The van der Waals surface area contributed by atoms with Gasteiger partial charge in [0.2, 0.25) is 0 Å². The first-order valence-electron chi connectivity index (χ1n) is 2.48. The first kappa shape index (κ1) is 5.88. The van der Waals surface area contributed by atoms with Crippen molar-refractivity contribution in [3.05, 3.63) is 18.1 Å². The van der Waals surface area contributed by atoms with Gasteiger partial charge in [0.1, 0.15) is 6.26 Å². The Bertz CT molecular complexity index is 224. The van der Waals surface area contributed by atoms with Crippen molar-refractivity contribution in [2.45, 2.75) is 6.92 Å². The predicted octanol–water partition coefficient (Wildman–Crippen LogP) is 1.19. The maximum atomic E-state index is 10.5. The van der Waals surface area contributed by atoms with Crippen molar-refractivity contribution in [2.75, 3.05) is 0 Å². The van der Waals surface area contributed by atoms with Crippen LogP contribution in [0.15, 0.2) is 16.7 Å². The Hall–Kier alpha value is -1.25. The number of rotatable bonds is 1. The number of carbonyl (C=O) groups is 1. The van der Waals surface area contributed by atoms with E-state index in [1.807, 2.05) is 0 Å². The van der Waals surface area contributed by atoms with E-state index in [0.29, 0.717) is 0 Å². The Labute approximate surface area is 51.9 Å². The summed E-state index contributed by atoms with van der Waals surface area (Å²) in [6.07, 6.45) is 1.12. The molecular formula is C6H6O3. The molecule has 0 unspecified atom stereocenters. The fourth-order valence-electron chi connectivity index (χ4n) is 0.511. The number of Topliss-reactive ketones (excluding diaryl/α,β-unsaturated/α-hetero) is 1. The summed E-state index contributed by atoms with van der Waals surface area (Å²) in [5.41, 5.74) is 0. The minimum atomic E-state index is -0.185. The monoisotopic (exact) mass is 126 g/mol. The molecule has 0 spiro atoms. The maximum Gasteiger partial charge on any atom is 0.195 e. The first-order valence-corrected chi connectivity index (χ1v) is 2.48. The second-order valence-electron chi connectivity index (χ2n) is 1.73. The van der Waals surface area contributed by atoms with Crippen molar-refractivity contribution in [2.24, 2.45) is 0 Å². The minimum Gasteiger partial charge on any atom is -0.505 e. The van der Waals surface area contributed by atoms with Gasteiger partial charge in [-0.1, -0.05) is 0 Å². The summed E-state index contributed by atoms with van der Waals surface area (Å²) >= 11 is 0. The zero-order valence-electron chi connectivity index (χ0n) is 4.92. The van der Waals surface area contributed by atoms with Crippen LogP contribution in [0.25, 0.3) is 0 Å². The van der Waals surface area contributed by atoms with Crippen LogP contribution < -0.4 is 0 Å². The van der Waals surface area contributed by atoms with Crippen molar-refractivity contribution in [1.29, 1.82) is 0 Å². The molecular weight excluding hydrogens is 120 g/mol. The van der Waals surface area contributed by atoms with E-state index in [2.05, 4.69) is 4.42 Å². The average Bonchev–Trinajstić information content (AvgIpc) is 2.14. The second kappa shape index (κ2) is 1.93. The molecule has 0 saturated carbocycles. The number of hydrogen-bond acceptors (Lipinski definition) is 3. The van der Waals surface area contributed by atoms with Crippen molar-refractivity contribution in [3.63, 3.8) is 0 Å². The number of furan rings is 1. The van der Waals surface area contributed by atoms with E-state index < -0.39 is 0 Å². The Kier molecular flexibility index (Phi) is 1.26. The largest absolute Gasteiger partial charge is 0.505 e. The van der Waals surface area contributed by atoms with Crippen molar-refractivity contribution >= 4 is 5.78 Å². The second-order valence-corrected chi connectivity index (χ2v) is 1.73. The smallest absolute Gasteiger partial charge is 0.195 e. The normalized spacial score (nSPS) is 9.44. The number of ketones is 1. The SMILES string of the molecule is CC(=O)c1cc(O)co1. The summed E-state index contributed by atoms with van der Waals surface area (Å²) in [4.78, 5) is 10.5. The highest BCUT2D eigenvalue weighted by atomic mass is 16.4. The van der Waals surface area contributed by atoms with Gasteiger partial charge in [-0.3, -0.25) is 4.79 Å². The molecule has 1 N–H and O–H groups in total. The van der Waals surface area contributed by atoms with E-state index in [0.717, 1.165) is 6.26 Å². The summed E-state index contributed by atoms with van der Waals surface area (Å²) in [6.45, 7) is 1.37. The van der Waals surface area contributed by atoms with Crippen molar-refractivity contribution in [1.82, 2.24) is 0 Å². The fraction of sp³-hybridized carbons (Fsp3) is 0.167. The Morgan fingerprint density at radius 2 is 2.44 bits per heavy atom. The average molecular weight is 126 g/mol. The molecule has 0 atom stereocenters. The summed E-state index contributed by atoms with van der Waals surface area (Å²) < 4.78 is 4.63. The van der Waals surface area contributed by atoms with Gasteiger partial charge in [0.05, 0.1) is 0 Å². The highest BCUT2D eigenvalue weighted by molar-refractivity contribution is 5.91. The van der Waals surface area contributed by atoms with Crippen molar-refractivity contribution < 1.29 is 14.3 Å².